The fourth-order valence-electron chi connectivity index (χ4n) is 0.637. The van der Waals surface area contributed by atoms with Crippen LogP contribution in [0.3, 0.4) is 0 Å². The molecule has 72 valence electrons. The summed E-state index contributed by atoms with van der Waals surface area (Å²) in [6.45, 7) is 5.48. The molecule has 1 rings (SSSR count). The normalized spacial score (nSPS) is 8.38. The molecule has 0 aliphatic carbocycles. The predicted octanol–water partition coefficient (Wildman–Crippen LogP) is 4.09. The molecule has 0 aromatic heterocycles. The average molecular weight is 184 g/mol. The van der Waals surface area contributed by atoms with E-state index in [0.29, 0.717) is 0 Å². The van der Waals surface area contributed by atoms with E-state index in [-0.39, 0.29) is 0 Å². The van der Waals surface area contributed by atoms with Gasteiger partial charge in [-0.2, -0.15) is 8.78 Å². The lowest BCUT2D eigenvalue weighted by Gasteiger charge is -1.90. The number of halogens is 2. The average Bonchev–Trinajstić information content (AvgIpc) is 2.11. The van der Waals surface area contributed by atoms with E-state index in [0.717, 1.165) is 6.08 Å². The molecule has 0 aliphatic rings. The van der Waals surface area contributed by atoms with Crippen LogP contribution in [0.5, 0.6) is 0 Å². The Morgan fingerprint density at radius 1 is 1.00 bits per heavy atom. The van der Waals surface area contributed by atoms with Crippen LogP contribution in [-0.4, -0.2) is 0 Å². The number of allylic oxidation sites excluding steroid dienone is 1. The Labute approximate surface area is 77.9 Å². The van der Waals surface area contributed by atoms with E-state index < -0.39 is 6.08 Å². The van der Waals surface area contributed by atoms with Gasteiger partial charge in [-0.1, -0.05) is 35.4 Å². The molecule has 0 N–H and O–H groups in total. The molecule has 0 nitrogen and oxygen atoms in total. The van der Waals surface area contributed by atoms with Crippen molar-refractivity contribution in [1.29, 1.82) is 0 Å². The Hall–Kier alpha value is -1.18. The molecule has 0 spiro atoms. The van der Waals surface area contributed by atoms with Gasteiger partial charge < -0.3 is 0 Å². The topological polar surface area (TPSA) is 0 Å². The van der Waals surface area contributed by atoms with Gasteiger partial charge in [0.2, 0.25) is 0 Å². The van der Waals surface area contributed by atoms with E-state index in [1.165, 1.54) is 18.1 Å². The van der Waals surface area contributed by atoms with Gasteiger partial charge in [0, 0.05) is 0 Å². The highest BCUT2D eigenvalue weighted by atomic mass is 19.3. The molecule has 0 unspecified atom stereocenters. The predicted molar refractivity (Wildman–Crippen MR) is 51.9 cm³/mol. The standard InChI is InChI=1S/C8H10.C3H4F2/c1-7-3-5-8(2)6-4-7;1-2-3(4)5/h3-6H,1-2H3;2H,1H3. The summed E-state index contributed by atoms with van der Waals surface area (Å²) in [4.78, 5) is 0. The third-order valence-corrected chi connectivity index (χ3v) is 1.44. The van der Waals surface area contributed by atoms with Crippen molar-refractivity contribution in [3.8, 4) is 0 Å². The number of hydrogen-bond donors (Lipinski definition) is 0. The molecule has 13 heavy (non-hydrogen) atoms. The lowest BCUT2D eigenvalue weighted by atomic mass is 10.2. The van der Waals surface area contributed by atoms with Crippen LogP contribution in [0.15, 0.2) is 36.4 Å². The minimum Gasteiger partial charge on any atom is -0.174 e. The summed E-state index contributed by atoms with van der Waals surface area (Å²) in [6.07, 6.45) is -0.870. The Bertz CT molecular complexity index is 235. The van der Waals surface area contributed by atoms with Crippen LogP contribution in [0.2, 0.25) is 0 Å². The summed E-state index contributed by atoms with van der Waals surface area (Å²) in [7, 11) is 0. The van der Waals surface area contributed by atoms with Crippen LogP contribution in [0.4, 0.5) is 8.78 Å². The first-order chi connectivity index (χ1) is 6.06. The molecule has 0 aliphatic heterocycles. The summed E-state index contributed by atoms with van der Waals surface area (Å²) >= 11 is 0. The molecule has 0 radical (unpaired) electrons. The zero-order valence-electron chi connectivity index (χ0n) is 8.14. The van der Waals surface area contributed by atoms with Gasteiger partial charge in [0.15, 0.2) is 0 Å². The van der Waals surface area contributed by atoms with Crippen LogP contribution in [0, 0.1) is 13.8 Å². The SMILES string of the molecule is CC=C(F)F.Cc1ccc(C)cc1. The van der Waals surface area contributed by atoms with E-state index in [2.05, 4.69) is 38.1 Å². The van der Waals surface area contributed by atoms with Gasteiger partial charge in [0.05, 0.1) is 0 Å². The van der Waals surface area contributed by atoms with Crippen molar-refractivity contribution in [3.63, 3.8) is 0 Å². The molecular formula is C11H14F2. The van der Waals surface area contributed by atoms with Crippen LogP contribution in [0.1, 0.15) is 18.1 Å². The van der Waals surface area contributed by atoms with Crippen molar-refractivity contribution in [1.82, 2.24) is 0 Å². The summed E-state index contributed by atoms with van der Waals surface area (Å²) in [5.41, 5.74) is 2.66. The fraction of sp³-hybridized carbons (Fsp3) is 0.273. The summed E-state index contributed by atoms with van der Waals surface area (Å²) in [6, 6.07) is 8.48. The molecule has 1 aromatic rings. The summed E-state index contributed by atoms with van der Waals surface area (Å²) < 4.78 is 21.2. The second kappa shape index (κ2) is 6.35. The van der Waals surface area contributed by atoms with Crippen LogP contribution < -0.4 is 0 Å². The molecule has 0 fully saturated rings. The van der Waals surface area contributed by atoms with Crippen LogP contribution in [-0.2, 0) is 0 Å². The maximum atomic E-state index is 10.6. The Balaban J connectivity index is 0.000000252. The second-order valence-electron chi connectivity index (χ2n) is 2.73. The van der Waals surface area contributed by atoms with E-state index >= 15 is 0 Å². The van der Waals surface area contributed by atoms with Crippen molar-refractivity contribution in [2.75, 3.05) is 0 Å². The Morgan fingerprint density at radius 3 is 1.38 bits per heavy atom. The molecule has 0 saturated carbocycles. The zero-order chi connectivity index (χ0) is 10.3. The minimum atomic E-state index is -1.62. The number of rotatable bonds is 0. The Morgan fingerprint density at radius 2 is 1.23 bits per heavy atom. The molecule has 0 bridgehead atoms. The number of benzene rings is 1. The van der Waals surface area contributed by atoms with Crippen molar-refractivity contribution in [2.45, 2.75) is 20.8 Å². The quantitative estimate of drug-likeness (QED) is 0.569. The van der Waals surface area contributed by atoms with Gasteiger partial charge >= 0.3 is 0 Å². The van der Waals surface area contributed by atoms with Gasteiger partial charge in [0.25, 0.3) is 6.08 Å². The molecule has 0 atom stereocenters. The highest BCUT2D eigenvalue weighted by Gasteiger charge is 1.79. The first-order valence-corrected chi connectivity index (χ1v) is 4.07. The maximum Gasteiger partial charge on any atom is 0.266 e. The first kappa shape index (κ1) is 11.8. The minimum absolute atomic E-state index is 0.750. The molecule has 1 aromatic carbocycles. The summed E-state index contributed by atoms with van der Waals surface area (Å²) in [5.74, 6) is 0. The number of hydrogen-bond acceptors (Lipinski definition) is 0. The zero-order valence-corrected chi connectivity index (χ0v) is 8.14. The van der Waals surface area contributed by atoms with Gasteiger partial charge in [-0.3, -0.25) is 0 Å². The first-order valence-electron chi connectivity index (χ1n) is 4.07. The molecular weight excluding hydrogens is 170 g/mol. The van der Waals surface area contributed by atoms with Crippen LogP contribution in [0.25, 0.3) is 0 Å². The van der Waals surface area contributed by atoms with Gasteiger partial charge in [0.1, 0.15) is 0 Å². The smallest absolute Gasteiger partial charge is 0.174 e. The van der Waals surface area contributed by atoms with E-state index in [9.17, 15) is 8.78 Å². The van der Waals surface area contributed by atoms with Gasteiger partial charge in [-0.25, -0.2) is 0 Å². The lowest BCUT2D eigenvalue weighted by Crippen LogP contribution is -1.70. The highest BCUT2D eigenvalue weighted by molar-refractivity contribution is 5.19. The lowest BCUT2D eigenvalue weighted by molar-refractivity contribution is 0.420. The Kier molecular flexibility index (Phi) is 5.77. The maximum absolute atomic E-state index is 10.6. The van der Waals surface area contributed by atoms with Crippen molar-refractivity contribution in [3.05, 3.63) is 47.5 Å². The fourth-order valence-corrected chi connectivity index (χ4v) is 0.637. The van der Waals surface area contributed by atoms with Crippen molar-refractivity contribution >= 4 is 0 Å². The molecule has 0 saturated heterocycles. The summed E-state index contributed by atoms with van der Waals surface area (Å²) in [5, 5.41) is 0. The van der Waals surface area contributed by atoms with E-state index in [4.69, 9.17) is 0 Å². The largest absolute Gasteiger partial charge is 0.266 e. The highest BCUT2D eigenvalue weighted by Crippen LogP contribution is 1.99. The van der Waals surface area contributed by atoms with E-state index in [1.54, 1.807) is 0 Å². The number of aryl methyl sites for hydroxylation is 2. The van der Waals surface area contributed by atoms with Gasteiger partial charge in [-0.15, -0.1) is 0 Å². The third-order valence-electron chi connectivity index (χ3n) is 1.44. The molecule has 2 heteroatoms. The molecule has 0 heterocycles. The van der Waals surface area contributed by atoms with Crippen molar-refractivity contribution < 1.29 is 8.78 Å². The van der Waals surface area contributed by atoms with Crippen molar-refractivity contribution in [2.24, 2.45) is 0 Å². The molecule has 0 amide bonds. The third kappa shape index (κ3) is 7.19. The van der Waals surface area contributed by atoms with Crippen LogP contribution >= 0.6 is 0 Å². The second-order valence-corrected chi connectivity index (χ2v) is 2.73. The van der Waals surface area contributed by atoms with E-state index in [1.807, 2.05) is 0 Å². The monoisotopic (exact) mass is 184 g/mol. The van der Waals surface area contributed by atoms with Gasteiger partial charge in [-0.05, 0) is 26.8 Å².